The van der Waals surface area contributed by atoms with Crippen LogP contribution in [0.2, 0.25) is 5.02 Å². The molecule has 0 spiro atoms. The number of hydrogen-bond acceptors (Lipinski definition) is 2. The van der Waals surface area contributed by atoms with Crippen molar-refractivity contribution in [3.05, 3.63) is 46.5 Å². The maximum atomic E-state index is 6.30. The van der Waals surface area contributed by atoms with E-state index in [-0.39, 0.29) is 0 Å². The third-order valence-electron chi connectivity index (χ3n) is 3.81. The topological polar surface area (TPSA) is 6.48 Å². The quantitative estimate of drug-likeness (QED) is 0.847. The monoisotopic (exact) mass is 274 g/mol. The molecule has 2 nitrogen and oxygen atoms in total. The lowest BCUT2D eigenvalue weighted by Crippen LogP contribution is -2.33. The first kappa shape index (κ1) is 12.9. The van der Waals surface area contributed by atoms with Crippen LogP contribution in [0.1, 0.15) is 11.1 Å². The van der Waals surface area contributed by atoms with Crippen LogP contribution in [0.3, 0.4) is 0 Å². The van der Waals surface area contributed by atoms with Gasteiger partial charge < -0.3 is 4.90 Å². The van der Waals surface area contributed by atoms with Gasteiger partial charge in [-0.15, -0.1) is 0 Å². The van der Waals surface area contributed by atoms with E-state index in [0.29, 0.717) is 0 Å². The van der Waals surface area contributed by atoms with Gasteiger partial charge in [-0.3, -0.25) is 4.90 Å². The third kappa shape index (κ3) is 2.48. The van der Waals surface area contributed by atoms with Gasteiger partial charge in [-0.05, 0) is 36.7 Å². The molecule has 1 aliphatic heterocycles. The van der Waals surface area contributed by atoms with E-state index in [9.17, 15) is 0 Å². The molecule has 0 fully saturated rings. The Morgan fingerprint density at radius 2 is 1.84 bits per heavy atom. The molecule has 3 heteroatoms. The third-order valence-corrected chi connectivity index (χ3v) is 4.14. The summed E-state index contributed by atoms with van der Waals surface area (Å²) >= 11 is 6.30. The average molecular weight is 275 g/mol. The number of hydrogen-bond donors (Lipinski definition) is 0. The molecule has 0 N–H and O–H groups in total. The van der Waals surface area contributed by atoms with Crippen LogP contribution in [0.25, 0.3) is 10.8 Å². The van der Waals surface area contributed by atoms with Crippen molar-refractivity contribution in [1.82, 2.24) is 9.80 Å². The van der Waals surface area contributed by atoms with Gasteiger partial charge in [0.25, 0.3) is 0 Å². The van der Waals surface area contributed by atoms with Gasteiger partial charge in [0.05, 0.1) is 0 Å². The Bertz CT molecular complexity index is 595. The summed E-state index contributed by atoms with van der Waals surface area (Å²) in [6.07, 6.45) is 0. The molecule has 19 heavy (non-hydrogen) atoms. The molecule has 1 aliphatic rings. The second-order valence-corrected chi connectivity index (χ2v) is 5.97. The first-order valence-corrected chi connectivity index (χ1v) is 7.09. The van der Waals surface area contributed by atoms with E-state index in [2.05, 4.69) is 48.2 Å². The summed E-state index contributed by atoms with van der Waals surface area (Å²) in [5, 5.41) is 3.43. The number of benzene rings is 2. The predicted octanol–water partition coefficient (Wildman–Crippen LogP) is 3.37. The summed E-state index contributed by atoms with van der Waals surface area (Å²) in [6, 6.07) is 10.7. The normalized spacial score (nSPS) is 15.4. The molecule has 0 atom stereocenters. The molecule has 2 aromatic carbocycles. The van der Waals surface area contributed by atoms with E-state index in [1.165, 1.54) is 21.9 Å². The van der Waals surface area contributed by atoms with Crippen molar-refractivity contribution in [1.29, 1.82) is 0 Å². The summed E-state index contributed by atoms with van der Waals surface area (Å²) in [6.45, 7) is 4.25. The van der Waals surface area contributed by atoms with Crippen LogP contribution >= 0.6 is 11.6 Å². The summed E-state index contributed by atoms with van der Waals surface area (Å²) in [5.74, 6) is 0. The Balaban J connectivity index is 1.95. The number of nitrogens with zero attached hydrogens (tertiary/aromatic N) is 2. The Morgan fingerprint density at radius 3 is 2.58 bits per heavy atom. The minimum Gasteiger partial charge on any atom is -0.308 e. The van der Waals surface area contributed by atoms with E-state index >= 15 is 0 Å². The van der Waals surface area contributed by atoms with Crippen LogP contribution in [-0.4, -0.2) is 37.0 Å². The van der Waals surface area contributed by atoms with Crippen molar-refractivity contribution in [2.45, 2.75) is 13.1 Å². The van der Waals surface area contributed by atoms with Gasteiger partial charge in [0.1, 0.15) is 0 Å². The average Bonchev–Trinajstić information content (AvgIpc) is 2.40. The van der Waals surface area contributed by atoms with Crippen LogP contribution in [-0.2, 0) is 13.1 Å². The Kier molecular flexibility index (Phi) is 3.48. The van der Waals surface area contributed by atoms with E-state index in [0.717, 1.165) is 31.2 Å². The van der Waals surface area contributed by atoms with Crippen LogP contribution in [0.5, 0.6) is 0 Å². The smallest absolute Gasteiger partial charge is 0.0484 e. The molecular weight excluding hydrogens is 256 g/mol. The zero-order chi connectivity index (χ0) is 13.4. The van der Waals surface area contributed by atoms with E-state index in [1.54, 1.807) is 0 Å². The molecule has 0 aromatic heterocycles. The highest BCUT2D eigenvalue weighted by molar-refractivity contribution is 6.35. The molecule has 0 radical (unpaired) electrons. The van der Waals surface area contributed by atoms with Crippen LogP contribution in [0.15, 0.2) is 30.3 Å². The Labute approximate surface area is 119 Å². The van der Waals surface area contributed by atoms with Crippen molar-refractivity contribution in [2.24, 2.45) is 0 Å². The molecule has 0 saturated carbocycles. The van der Waals surface area contributed by atoms with Crippen molar-refractivity contribution in [3.63, 3.8) is 0 Å². The summed E-state index contributed by atoms with van der Waals surface area (Å²) in [5.41, 5.74) is 2.81. The van der Waals surface area contributed by atoms with Gasteiger partial charge in [-0.1, -0.05) is 35.9 Å². The predicted molar refractivity (Wildman–Crippen MR) is 81.6 cm³/mol. The largest absolute Gasteiger partial charge is 0.308 e. The molecule has 0 bridgehead atoms. The number of rotatable bonds is 3. The maximum Gasteiger partial charge on any atom is 0.0484 e. The molecule has 2 aromatic rings. The van der Waals surface area contributed by atoms with Crippen molar-refractivity contribution < 1.29 is 0 Å². The minimum absolute atomic E-state index is 0.863. The lowest BCUT2D eigenvalue weighted by molar-refractivity contribution is 0.223. The Morgan fingerprint density at radius 1 is 1.11 bits per heavy atom. The van der Waals surface area contributed by atoms with Crippen LogP contribution in [0, 0.1) is 0 Å². The highest BCUT2D eigenvalue weighted by Crippen LogP contribution is 2.33. The highest BCUT2D eigenvalue weighted by atomic mass is 35.5. The standard InChI is InChI=1S/C16H19ClN2/c1-18(2)8-9-19-10-12-4-3-5-14-15(17)7-6-13(11-19)16(12)14/h3-7H,8-11H2,1-2H3. The minimum atomic E-state index is 0.863. The van der Waals surface area contributed by atoms with E-state index in [4.69, 9.17) is 11.6 Å². The van der Waals surface area contributed by atoms with Gasteiger partial charge in [0.15, 0.2) is 0 Å². The lowest BCUT2D eigenvalue weighted by atomic mass is 9.95. The number of likely N-dealkylation sites (N-methyl/N-ethyl adjacent to an activating group) is 1. The van der Waals surface area contributed by atoms with Crippen molar-refractivity contribution in [3.8, 4) is 0 Å². The second-order valence-electron chi connectivity index (χ2n) is 5.56. The molecule has 0 saturated heterocycles. The molecule has 0 aliphatic carbocycles. The molecule has 0 unspecified atom stereocenters. The Hall–Kier alpha value is -1.09. The molecule has 0 amide bonds. The summed E-state index contributed by atoms with van der Waals surface area (Å²) in [4.78, 5) is 4.74. The lowest BCUT2D eigenvalue weighted by Gasteiger charge is -2.30. The first-order valence-electron chi connectivity index (χ1n) is 6.71. The maximum absolute atomic E-state index is 6.30. The van der Waals surface area contributed by atoms with E-state index in [1.807, 2.05) is 6.07 Å². The molecule has 3 rings (SSSR count). The molecular formula is C16H19ClN2. The summed E-state index contributed by atoms with van der Waals surface area (Å²) in [7, 11) is 4.25. The van der Waals surface area contributed by atoms with Gasteiger partial charge in [-0.25, -0.2) is 0 Å². The van der Waals surface area contributed by atoms with Gasteiger partial charge >= 0.3 is 0 Å². The SMILES string of the molecule is CN(C)CCN1Cc2cccc3c(Cl)ccc(c23)C1. The highest BCUT2D eigenvalue weighted by Gasteiger charge is 2.19. The first-order chi connectivity index (χ1) is 9.15. The van der Waals surface area contributed by atoms with Crippen molar-refractivity contribution in [2.75, 3.05) is 27.2 Å². The van der Waals surface area contributed by atoms with E-state index < -0.39 is 0 Å². The number of halogens is 1. The molecule has 1 heterocycles. The fourth-order valence-electron chi connectivity index (χ4n) is 2.83. The van der Waals surface area contributed by atoms with Crippen LogP contribution in [0.4, 0.5) is 0 Å². The van der Waals surface area contributed by atoms with Gasteiger partial charge in [-0.2, -0.15) is 0 Å². The zero-order valence-corrected chi connectivity index (χ0v) is 12.2. The van der Waals surface area contributed by atoms with Gasteiger partial charge in [0, 0.05) is 36.6 Å². The van der Waals surface area contributed by atoms with Crippen LogP contribution < -0.4 is 0 Å². The fraction of sp³-hybridized carbons (Fsp3) is 0.375. The fourth-order valence-corrected chi connectivity index (χ4v) is 3.05. The molecule has 100 valence electrons. The zero-order valence-electron chi connectivity index (χ0n) is 11.5. The summed E-state index contributed by atoms with van der Waals surface area (Å²) < 4.78 is 0. The van der Waals surface area contributed by atoms with Crippen molar-refractivity contribution >= 4 is 22.4 Å². The second kappa shape index (κ2) is 5.12. The van der Waals surface area contributed by atoms with Gasteiger partial charge in [0.2, 0.25) is 0 Å².